The fourth-order valence-corrected chi connectivity index (χ4v) is 2.26. The number of para-hydroxylation sites is 1. The van der Waals surface area contributed by atoms with E-state index in [4.69, 9.17) is 9.47 Å². The third-order valence-corrected chi connectivity index (χ3v) is 3.45. The van der Waals surface area contributed by atoms with Gasteiger partial charge in [0.25, 0.3) is 0 Å². The van der Waals surface area contributed by atoms with Gasteiger partial charge in [-0.2, -0.15) is 0 Å². The molecule has 0 saturated carbocycles. The fraction of sp³-hybridized carbons (Fsp3) is 0.500. The lowest BCUT2D eigenvalue weighted by Gasteiger charge is -2.30. The molecular formula is C16H22N2O5. The summed E-state index contributed by atoms with van der Waals surface area (Å²) in [7, 11) is 0. The molecule has 1 aliphatic rings. The molecule has 0 aromatic heterocycles. The Balaban J connectivity index is 1.94. The first kappa shape index (κ1) is 17.2. The van der Waals surface area contributed by atoms with Crippen molar-refractivity contribution in [1.82, 2.24) is 10.2 Å². The Morgan fingerprint density at radius 2 is 2.13 bits per heavy atom. The van der Waals surface area contributed by atoms with Crippen molar-refractivity contribution in [3.8, 4) is 5.75 Å². The van der Waals surface area contributed by atoms with Gasteiger partial charge in [0, 0.05) is 13.5 Å². The number of benzene rings is 1. The topological polar surface area (TPSA) is 88.1 Å². The Morgan fingerprint density at radius 1 is 1.39 bits per heavy atom. The first-order valence-electron chi connectivity index (χ1n) is 7.49. The highest BCUT2D eigenvalue weighted by molar-refractivity contribution is 5.83. The van der Waals surface area contributed by atoms with E-state index in [1.807, 2.05) is 18.2 Å². The monoisotopic (exact) mass is 322 g/mol. The highest BCUT2D eigenvalue weighted by Gasteiger charge is 2.35. The van der Waals surface area contributed by atoms with Crippen molar-refractivity contribution in [2.24, 2.45) is 0 Å². The van der Waals surface area contributed by atoms with Gasteiger partial charge in [0.1, 0.15) is 18.0 Å². The number of hydrogen-bond acceptors (Lipinski definition) is 5. The van der Waals surface area contributed by atoms with E-state index in [-0.39, 0.29) is 38.1 Å². The van der Waals surface area contributed by atoms with Gasteiger partial charge in [-0.3, -0.25) is 9.59 Å². The number of β-amino-alcohol motifs (C(OH)–C–C–N with tert-alkyl or cyclic N) is 1. The molecule has 0 bridgehead atoms. The van der Waals surface area contributed by atoms with Crippen LogP contribution in [0.25, 0.3) is 0 Å². The predicted octanol–water partition coefficient (Wildman–Crippen LogP) is -0.209. The van der Waals surface area contributed by atoms with Crippen LogP contribution in [0.3, 0.4) is 0 Å². The molecule has 1 aromatic carbocycles. The van der Waals surface area contributed by atoms with Crippen LogP contribution in [-0.4, -0.2) is 66.9 Å². The first-order valence-corrected chi connectivity index (χ1v) is 7.49. The van der Waals surface area contributed by atoms with E-state index in [2.05, 4.69) is 5.32 Å². The minimum atomic E-state index is -1.29. The van der Waals surface area contributed by atoms with Gasteiger partial charge in [-0.1, -0.05) is 18.2 Å². The maximum absolute atomic E-state index is 12.1. The van der Waals surface area contributed by atoms with Crippen molar-refractivity contribution in [1.29, 1.82) is 0 Å². The average Bonchev–Trinajstić information content (AvgIpc) is 2.74. The summed E-state index contributed by atoms with van der Waals surface area (Å²) in [5, 5.41) is 13.1. The van der Waals surface area contributed by atoms with Crippen LogP contribution in [0, 0.1) is 0 Å². The first-order chi connectivity index (χ1) is 11.0. The van der Waals surface area contributed by atoms with Gasteiger partial charge in [0.15, 0.2) is 0 Å². The van der Waals surface area contributed by atoms with Crippen molar-refractivity contribution < 1.29 is 24.2 Å². The number of rotatable bonds is 5. The standard InChI is InChI=1S/C16H22N2O5/c1-13(19)17-9-15(20)18-7-8-22-11-16(21,10-18)12-23-14-5-3-2-4-6-14/h2-6,21H,7-12H2,1H3,(H,17,19)/t16-/m0/s1. The molecule has 2 amide bonds. The van der Waals surface area contributed by atoms with E-state index in [0.717, 1.165) is 0 Å². The maximum Gasteiger partial charge on any atom is 0.242 e. The van der Waals surface area contributed by atoms with Gasteiger partial charge in [-0.05, 0) is 12.1 Å². The third kappa shape index (κ3) is 5.54. The zero-order valence-corrected chi connectivity index (χ0v) is 13.2. The van der Waals surface area contributed by atoms with Crippen LogP contribution >= 0.6 is 0 Å². The summed E-state index contributed by atoms with van der Waals surface area (Å²) >= 11 is 0. The van der Waals surface area contributed by atoms with Crippen molar-refractivity contribution in [3.05, 3.63) is 30.3 Å². The molecule has 0 spiro atoms. The minimum absolute atomic E-state index is 0.0148. The van der Waals surface area contributed by atoms with E-state index < -0.39 is 5.60 Å². The van der Waals surface area contributed by atoms with Crippen LogP contribution in [0.2, 0.25) is 0 Å². The van der Waals surface area contributed by atoms with Gasteiger partial charge in [-0.25, -0.2) is 0 Å². The molecule has 2 N–H and O–H groups in total. The van der Waals surface area contributed by atoms with Crippen molar-refractivity contribution in [3.63, 3.8) is 0 Å². The molecular weight excluding hydrogens is 300 g/mol. The quantitative estimate of drug-likeness (QED) is 0.783. The average molecular weight is 322 g/mol. The van der Waals surface area contributed by atoms with Gasteiger partial charge in [0.2, 0.25) is 11.8 Å². The molecule has 0 radical (unpaired) electrons. The molecule has 1 atom stereocenters. The molecule has 7 nitrogen and oxygen atoms in total. The zero-order chi connectivity index (χ0) is 16.7. The number of amides is 2. The molecule has 7 heteroatoms. The molecule has 126 valence electrons. The molecule has 23 heavy (non-hydrogen) atoms. The minimum Gasteiger partial charge on any atom is -0.490 e. The van der Waals surface area contributed by atoms with Crippen LogP contribution in [0.5, 0.6) is 5.75 Å². The molecule has 2 rings (SSSR count). The summed E-state index contributed by atoms with van der Waals surface area (Å²) < 4.78 is 11.0. The summed E-state index contributed by atoms with van der Waals surface area (Å²) in [6.07, 6.45) is 0. The predicted molar refractivity (Wildman–Crippen MR) is 83.0 cm³/mol. The maximum atomic E-state index is 12.1. The third-order valence-electron chi connectivity index (χ3n) is 3.45. The lowest BCUT2D eigenvalue weighted by Crippen LogP contribution is -2.52. The lowest BCUT2D eigenvalue weighted by atomic mass is 10.1. The van der Waals surface area contributed by atoms with E-state index >= 15 is 0 Å². The Morgan fingerprint density at radius 3 is 2.83 bits per heavy atom. The highest BCUT2D eigenvalue weighted by Crippen LogP contribution is 2.16. The molecule has 1 aromatic rings. The smallest absolute Gasteiger partial charge is 0.242 e. The largest absolute Gasteiger partial charge is 0.490 e. The van der Waals surface area contributed by atoms with Crippen molar-refractivity contribution >= 4 is 11.8 Å². The van der Waals surface area contributed by atoms with Gasteiger partial charge in [0.05, 0.1) is 26.3 Å². The second kappa shape index (κ2) is 7.94. The van der Waals surface area contributed by atoms with Gasteiger partial charge >= 0.3 is 0 Å². The normalized spacial score (nSPS) is 21.4. The molecule has 1 saturated heterocycles. The second-order valence-corrected chi connectivity index (χ2v) is 5.60. The Labute approximate surface area is 135 Å². The molecule has 1 heterocycles. The van der Waals surface area contributed by atoms with Crippen LogP contribution in [-0.2, 0) is 14.3 Å². The number of carbonyl (C=O) groups excluding carboxylic acids is 2. The number of nitrogens with one attached hydrogen (secondary N) is 1. The molecule has 0 unspecified atom stereocenters. The van der Waals surface area contributed by atoms with Gasteiger partial charge < -0.3 is 24.8 Å². The van der Waals surface area contributed by atoms with Crippen molar-refractivity contribution in [2.75, 3.05) is 39.5 Å². The number of carbonyl (C=O) groups is 2. The summed E-state index contributed by atoms with van der Waals surface area (Å²) in [6, 6.07) is 9.14. The van der Waals surface area contributed by atoms with Crippen LogP contribution in [0.15, 0.2) is 30.3 Å². The second-order valence-electron chi connectivity index (χ2n) is 5.60. The number of ether oxygens (including phenoxy) is 2. The summed E-state index contributed by atoms with van der Waals surface area (Å²) in [5.74, 6) is 0.109. The SMILES string of the molecule is CC(=O)NCC(=O)N1CCOC[C@](O)(COc2ccccc2)C1. The van der Waals surface area contributed by atoms with Crippen LogP contribution < -0.4 is 10.1 Å². The number of nitrogens with zero attached hydrogens (tertiary/aromatic N) is 1. The summed E-state index contributed by atoms with van der Waals surface area (Å²) in [5.41, 5.74) is -1.29. The lowest BCUT2D eigenvalue weighted by molar-refractivity contribution is -0.135. The molecule has 1 fully saturated rings. The van der Waals surface area contributed by atoms with E-state index in [1.165, 1.54) is 11.8 Å². The highest BCUT2D eigenvalue weighted by atomic mass is 16.5. The number of hydrogen-bond donors (Lipinski definition) is 2. The van der Waals surface area contributed by atoms with E-state index in [1.54, 1.807) is 12.1 Å². The van der Waals surface area contributed by atoms with E-state index in [9.17, 15) is 14.7 Å². The summed E-state index contributed by atoms with van der Waals surface area (Å²) in [6.45, 7) is 2.16. The van der Waals surface area contributed by atoms with Crippen LogP contribution in [0.4, 0.5) is 0 Å². The Hall–Kier alpha value is -2.12. The number of aliphatic hydroxyl groups is 1. The molecule has 1 aliphatic heterocycles. The molecule has 0 aliphatic carbocycles. The Bertz CT molecular complexity index is 537. The van der Waals surface area contributed by atoms with E-state index in [0.29, 0.717) is 18.9 Å². The fourth-order valence-electron chi connectivity index (χ4n) is 2.26. The van der Waals surface area contributed by atoms with Crippen molar-refractivity contribution in [2.45, 2.75) is 12.5 Å². The van der Waals surface area contributed by atoms with Crippen LogP contribution in [0.1, 0.15) is 6.92 Å². The summed E-state index contributed by atoms with van der Waals surface area (Å²) in [4.78, 5) is 24.5. The van der Waals surface area contributed by atoms with Gasteiger partial charge in [-0.15, -0.1) is 0 Å². The zero-order valence-electron chi connectivity index (χ0n) is 13.2. The Kier molecular flexibility index (Phi) is 5.95.